The van der Waals surface area contributed by atoms with Gasteiger partial charge in [-0.05, 0) is 54.4 Å². The first kappa shape index (κ1) is 16.2. The molecule has 1 N–H and O–H groups in total. The SMILES string of the molecule is COc1ccc(C2Nc3ccccc3C(=O)N2c2cccc(C)c2)cc1. The maximum Gasteiger partial charge on any atom is 0.262 e. The molecular weight excluding hydrogens is 324 g/mol. The number of nitrogens with zero attached hydrogens (tertiary/aromatic N) is 1. The van der Waals surface area contributed by atoms with E-state index in [0.29, 0.717) is 5.56 Å². The van der Waals surface area contributed by atoms with E-state index in [1.165, 1.54) is 0 Å². The summed E-state index contributed by atoms with van der Waals surface area (Å²) in [6.07, 6.45) is -0.287. The fraction of sp³-hybridized carbons (Fsp3) is 0.136. The van der Waals surface area contributed by atoms with Gasteiger partial charge in [0.25, 0.3) is 5.91 Å². The molecule has 4 nitrogen and oxygen atoms in total. The summed E-state index contributed by atoms with van der Waals surface area (Å²) in [6, 6.07) is 23.4. The topological polar surface area (TPSA) is 41.6 Å². The second-order valence-electron chi connectivity index (χ2n) is 6.38. The van der Waals surface area contributed by atoms with Crippen LogP contribution in [0.1, 0.15) is 27.7 Å². The highest BCUT2D eigenvalue weighted by Gasteiger charge is 2.33. The van der Waals surface area contributed by atoms with Crippen LogP contribution >= 0.6 is 0 Å². The van der Waals surface area contributed by atoms with Gasteiger partial charge in [-0.25, -0.2) is 0 Å². The highest BCUT2D eigenvalue weighted by molar-refractivity contribution is 6.12. The van der Waals surface area contributed by atoms with Gasteiger partial charge >= 0.3 is 0 Å². The van der Waals surface area contributed by atoms with E-state index in [4.69, 9.17) is 4.74 Å². The molecule has 0 saturated heterocycles. The Hall–Kier alpha value is -3.27. The molecule has 1 aliphatic rings. The number of amides is 1. The third-order valence-corrected chi connectivity index (χ3v) is 4.64. The first-order valence-corrected chi connectivity index (χ1v) is 8.57. The number of rotatable bonds is 3. The highest BCUT2D eigenvalue weighted by atomic mass is 16.5. The van der Waals surface area contributed by atoms with Crippen molar-refractivity contribution in [3.8, 4) is 5.75 Å². The quantitative estimate of drug-likeness (QED) is 0.744. The molecule has 0 fully saturated rings. The highest BCUT2D eigenvalue weighted by Crippen LogP contribution is 2.37. The number of fused-ring (bicyclic) bond motifs is 1. The summed E-state index contributed by atoms with van der Waals surface area (Å²) >= 11 is 0. The normalized spacial score (nSPS) is 16.0. The minimum atomic E-state index is -0.287. The van der Waals surface area contributed by atoms with E-state index in [-0.39, 0.29) is 12.1 Å². The van der Waals surface area contributed by atoms with Crippen molar-refractivity contribution >= 4 is 17.3 Å². The van der Waals surface area contributed by atoms with Crippen LogP contribution in [0.3, 0.4) is 0 Å². The van der Waals surface area contributed by atoms with E-state index in [2.05, 4.69) is 5.32 Å². The molecular formula is C22H20N2O2. The van der Waals surface area contributed by atoms with E-state index >= 15 is 0 Å². The number of carbonyl (C=O) groups excluding carboxylic acids is 1. The maximum absolute atomic E-state index is 13.3. The zero-order valence-electron chi connectivity index (χ0n) is 14.8. The molecule has 1 heterocycles. The zero-order chi connectivity index (χ0) is 18.1. The smallest absolute Gasteiger partial charge is 0.262 e. The number of anilines is 2. The molecule has 4 rings (SSSR count). The van der Waals surface area contributed by atoms with Crippen LogP contribution in [0.15, 0.2) is 72.8 Å². The Morgan fingerprint density at radius 2 is 1.73 bits per heavy atom. The molecule has 0 spiro atoms. The zero-order valence-corrected chi connectivity index (χ0v) is 14.8. The van der Waals surface area contributed by atoms with Crippen molar-refractivity contribution in [2.45, 2.75) is 13.1 Å². The molecule has 0 bridgehead atoms. The summed E-state index contributed by atoms with van der Waals surface area (Å²) in [5.74, 6) is 0.782. The number of benzene rings is 3. The van der Waals surface area contributed by atoms with Crippen LogP contribution in [0.5, 0.6) is 5.75 Å². The van der Waals surface area contributed by atoms with E-state index in [0.717, 1.165) is 28.3 Å². The van der Waals surface area contributed by atoms with Gasteiger partial charge in [-0.15, -0.1) is 0 Å². The maximum atomic E-state index is 13.3. The number of hydrogen-bond acceptors (Lipinski definition) is 3. The summed E-state index contributed by atoms with van der Waals surface area (Å²) in [6.45, 7) is 2.03. The van der Waals surface area contributed by atoms with E-state index < -0.39 is 0 Å². The van der Waals surface area contributed by atoms with Crippen LogP contribution in [0.2, 0.25) is 0 Å². The molecule has 1 aliphatic heterocycles. The Bertz CT molecular complexity index is 950. The molecule has 1 unspecified atom stereocenters. The summed E-state index contributed by atoms with van der Waals surface area (Å²) in [4.78, 5) is 15.1. The minimum absolute atomic E-state index is 0.00855. The predicted octanol–water partition coefficient (Wildman–Crippen LogP) is 4.77. The number of ether oxygens (including phenoxy) is 1. The minimum Gasteiger partial charge on any atom is -0.497 e. The standard InChI is InChI=1S/C22H20N2O2/c1-15-6-5-7-17(14-15)24-21(16-10-12-18(26-2)13-11-16)23-20-9-4-3-8-19(20)22(24)25/h3-14,21,23H,1-2H3. The third kappa shape index (κ3) is 2.80. The molecule has 0 aliphatic carbocycles. The van der Waals surface area contributed by atoms with E-state index in [1.54, 1.807) is 7.11 Å². The number of methoxy groups -OCH3 is 1. The van der Waals surface area contributed by atoms with Crippen LogP contribution in [-0.4, -0.2) is 13.0 Å². The Morgan fingerprint density at radius 1 is 0.962 bits per heavy atom. The summed E-state index contributed by atoms with van der Waals surface area (Å²) in [5.41, 5.74) is 4.51. The van der Waals surface area contributed by atoms with Gasteiger partial charge < -0.3 is 10.1 Å². The van der Waals surface area contributed by atoms with Crippen molar-refractivity contribution in [1.82, 2.24) is 0 Å². The van der Waals surface area contributed by atoms with Crippen molar-refractivity contribution in [2.75, 3.05) is 17.3 Å². The Labute approximate surface area is 153 Å². The van der Waals surface area contributed by atoms with Crippen LogP contribution in [0.4, 0.5) is 11.4 Å². The predicted molar refractivity (Wildman–Crippen MR) is 104 cm³/mol. The van der Waals surface area contributed by atoms with Gasteiger partial charge in [0.15, 0.2) is 0 Å². The monoisotopic (exact) mass is 344 g/mol. The molecule has 0 saturated carbocycles. The largest absolute Gasteiger partial charge is 0.497 e. The molecule has 4 heteroatoms. The van der Waals surface area contributed by atoms with Gasteiger partial charge in [0.2, 0.25) is 0 Å². The number of para-hydroxylation sites is 1. The van der Waals surface area contributed by atoms with Crippen LogP contribution in [0.25, 0.3) is 0 Å². The first-order chi connectivity index (χ1) is 12.7. The number of nitrogens with one attached hydrogen (secondary N) is 1. The van der Waals surface area contributed by atoms with Gasteiger partial charge in [0.05, 0.1) is 12.7 Å². The van der Waals surface area contributed by atoms with Crippen LogP contribution in [-0.2, 0) is 0 Å². The molecule has 0 aromatic heterocycles. The first-order valence-electron chi connectivity index (χ1n) is 8.57. The molecule has 26 heavy (non-hydrogen) atoms. The van der Waals surface area contributed by atoms with Crippen molar-refractivity contribution in [3.05, 3.63) is 89.5 Å². The molecule has 0 radical (unpaired) electrons. The van der Waals surface area contributed by atoms with Gasteiger partial charge in [-0.3, -0.25) is 9.69 Å². The van der Waals surface area contributed by atoms with E-state index in [1.807, 2.05) is 84.6 Å². The Balaban J connectivity index is 1.84. The molecule has 1 atom stereocenters. The average Bonchev–Trinajstić information content (AvgIpc) is 2.68. The third-order valence-electron chi connectivity index (χ3n) is 4.64. The molecule has 3 aromatic carbocycles. The van der Waals surface area contributed by atoms with Crippen molar-refractivity contribution in [3.63, 3.8) is 0 Å². The fourth-order valence-electron chi connectivity index (χ4n) is 3.32. The average molecular weight is 344 g/mol. The van der Waals surface area contributed by atoms with Gasteiger partial charge in [0, 0.05) is 11.4 Å². The number of carbonyl (C=O) groups is 1. The fourth-order valence-corrected chi connectivity index (χ4v) is 3.32. The summed E-state index contributed by atoms with van der Waals surface area (Å²) < 4.78 is 5.26. The Kier molecular flexibility index (Phi) is 4.09. The summed E-state index contributed by atoms with van der Waals surface area (Å²) in [7, 11) is 1.65. The van der Waals surface area contributed by atoms with Gasteiger partial charge in [0.1, 0.15) is 11.9 Å². The number of aryl methyl sites for hydroxylation is 1. The van der Waals surface area contributed by atoms with E-state index in [9.17, 15) is 4.79 Å². The lowest BCUT2D eigenvalue weighted by molar-refractivity contribution is 0.0975. The lowest BCUT2D eigenvalue weighted by Gasteiger charge is -2.38. The molecule has 130 valence electrons. The second-order valence-corrected chi connectivity index (χ2v) is 6.38. The van der Waals surface area contributed by atoms with Crippen molar-refractivity contribution in [2.24, 2.45) is 0 Å². The molecule has 1 amide bonds. The van der Waals surface area contributed by atoms with Crippen LogP contribution < -0.4 is 15.0 Å². The van der Waals surface area contributed by atoms with Gasteiger partial charge in [-0.1, -0.05) is 36.4 Å². The number of hydrogen-bond donors (Lipinski definition) is 1. The van der Waals surface area contributed by atoms with Crippen molar-refractivity contribution < 1.29 is 9.53 Å². The lowest BCUT2D eigenvalue weighted by Crippen LogP contribution is -2.43. The van der Waals surface area contributed by atoms with Crippen molar-refractivity contribution in [1.29, 1.82) is 0 Å². The molecule has 3 aromatic rings. The second kappa shape index (κ2) is 6.56. The Morgan fingerprint density at radius 3 is 2.46 bits per heavy atom. The van der Waals surface area contributed by atoms with Crippen LogP contribution in [0, 0.1) is 6.92 Å². The summed E-state index contributed by atoms with van der Waals surface area (Å²) in [5, 5.41) is 3.51. The lowest BCUT2D eigenvalue weighted by atomic mass is 10.0. The van der Waals surface area contributed by atoms with Gasteiger partial charge in [-0.2, -0.15) is 0 Å².